The van der Waals surface area contributed by atoms with Crippen molar-refractivity contribution in [3.8, 4) is 0 Å². The molecule has 2 rings (SSSR count). The third-order valence-corrected chi connectivity index (χ3v) is 3.81. The van der Waals surface area contributed by atoms with Gasteiger partial charge in [0.05, 0.1) is 0 Å². The zero-order valence-corrected chi connectivity index (χ0v) is 6.54. The van der Waals surface area contributed by atoms with Gasteiger partial charge in [0.15, 0.2) is 0 Å². The Hall–Kier alpha value is 0. The summed E-state index contributed by atoms with van der Waals surface area (Å²) >= 11 is 0. The van der Waals surface area contributed by atoms with Crippen LogP contribution in [0.15, 0.2) is 0 Å². The van der Waals surface area contributed by atoms with Gasteiger partial charge in [-0.2, -0.15) is 0 Å². The molecule has 0 aromatic carbocycles. The standard InChI is InChI=1S/C9H16/c1-3-9(6-7-9)8(2)4-5-8/h3-7H2,1-2H3. The van der Waals surface area contributed by atoms with E-state index in [2.05, 4.69) is 13.8 Å². The van der Waals surface area contributed by atoms with Gasteiger partial charge in [-0.15, -0.1) is 0 Å². The summed E-state index contributed by atoms with van der Waals surface area (Å²) < 4.78 is 0. The summed E-state index contributed by atoms with van der Waals surface area (Å²) in [5, 5.41) is 0. The topological polar surface area (TPSA) is 0 Å². The molecule has 2 aliphatic carbocycles. The summed E-state index contributed by atoms with van der Waals surface area (Å²) in [5.41, 5.74) is 1.65. The summed E-state index contributed by atoms with van der Waals surface area (Å²) in [5.74, 6) is 0. The molecule has 2 fully saturated rings. The van der Waals surface area contributed by atoms with E-state index in [1.807, 2.05) is 0 Å². The van der Waals surface area contributed by atoms with Crippen LogP contribution in [-0.4, -0.2) is 0 Å². The largest absolute Gasteiger partial charge is 0.0648 e. The second kappa shape index (κ2) is 1.36. The predicted molar refractivity (Wildman–Crippen MR) is 39.3 cm³/mol. The molecule has 0 N–H and O–H groups in total. The van der Waals surface area contributed by atoms with E-state index in [9.17, 15) is 0 Å². The van der Waals surface area contributed by atoms with Crippen molar-refractivity contribution in [2.45, 2.75) is 46.0 Å². The molecule has 0 spiro atoms. The molecule has 9 heavy (non-hydrogen) atoms. The first-order valence-electron chi connectivity index (χ1n) is 4.22. The fraction of sp³-hybridized carbons (Fsp3) is 1.00. The zero-order chi connectivity index (χ0) is 6.54. The normalized spacial score (nSPS) is 34.0. The summed E-state index contributed by atoms with van der Waals surface area (Å²) in [6.45, 7) is 4.83. The lowest BCUT2D eigenvalue weighted by molar-refractivity contribution is 0.297. The first-order valence-corrected chi connectivity index (χ1v) is 4.22. The summed E-state index contributed by atoms with van der Waals surface area (Å²) in [4.78, 5) is 0. The molecule has 0 unspecified atom stereocenters. The monoisotopic (exact) mass is 124 g/mol. The molecule has 0 heteroatoms. The first-order chi connectivity index (χ1) is 4.22. The molecular formula is C9H16. The van der Waals surface area contributed by atoms with Crippen molar-refractivity contribution in [1.82, 2.24) is 0 Å². The lowest BCUT2D eigenvalue weighted by Crippen LogP contribution is -2.11. The van der Waals surface area contributed by atoms with Crippen LogP contribution in [0.3, 0.4) is 0 Å². The van der Waals surface area contributed by atoms with E-state index >= 15 is 0 Å². The van der Waals surface area contributed by atoms with Crippen LogP contribution in [0.4, 0.5) is 0 Å². The zero-order valence-electron chi connectivity index (χ0n) is 6.54. The van der Waals surface area contributed by atoms with Gasteiger partial charge in [-0.1, -0.05) is 13.8 Å². The molecule has 2 saturated carbocycles. The third-order valence-electron chi connectivity index (χ3n) is 3.81. The van der Waals surface area contributed by atoms with E-state index in [1.165, 1.54) is 32.1 Å². The van der Waals surface area contributed by atoms with Crippen molar-refractivity contribution >= 4 is 0 Å². The Kier molecular flexibility index (Phi) is 0.868. The van der Waals surface area contributed by atoms with Crippen LogP contribution < -0.4 is 0 Å². The maximum Gasteiger partial charge on any atom is -0.0246 e. The SMILES string of the molecule is CCC1(C2(C)CC2)CC1. The molecular weight excluding hydrogens is 108 g/mol. The molecule has 2 aliphatic rings. The van der Waals surface area contributed by atoms with Crippen LogP contribution in [0, 0.1) is 10.8 Å². The molecule has 0 saturated heterocycles. The van der Waals surface area contributed by atoms with Crippen LogP contribution in [-0.2, 0) is 0 Å². The van der Waals surface area contributed by atoms with Crippen molar-refractivity contribution in [3.05, 3.63) is 0 Å². The summed E-state index contributed by atoms with van der Waals surface area (Å²) in [6, 6.07) is 0. The van der Waals surface area contributed by atoms with E-state index in [1.54, 1.807) is 0 Å². The number of rotatable bonds is 2. The predicted octanol–water partition coefficient (Wildman–Crippen LogP) is 2.98. The van der Waals surface area contributed by atoms with Crippen molar-refractivity contribution in [2.75, 3.05) is 0 Å². The van der Waals surface area contributed by atoms with Gasteiger partial charge < -0.3 is 0 Å². The summed E-state index contributed by atoms with van der Waals surface area (Å²) in [6.07, 6.45) is 7.52. The average Bonchev–Trinajstić information content (AvgIpc) is 2.61. The maximum atomic E-state index is 2.48. The van der Waals surface area contributed by atoms with E-state index in [0.717, 1.165) is 10.8 Å². The minimum atomic E-state index is 0.807. The van der Waals surface area contributed by atoms with Crippen LogP contribution >= 0.6 is 0 Å². The molecule has 0 heterocycles. The Morgan fingerprint density at radius 2 is 1.67 bits per heavy atom. The molecule has 0 aromatic rings. The molecule has 0 aromatic heterocycles. The Balaban J connectivity index is 2.11. The molecule has 52 valence electrons. The van der Waals surface area contributed by atoms with Crippen molar-refractivity contribution in [3.63, 3.8) is 0 Å². The fourth-order valence-electron chi connectivity index (χ4n) is 2.25. The second-order valence-corrected chi connectivity index (χ2v) is 4.19. The van der Waals surface area contributed by atoms with Crippen LogP contribution in [0.2, 0.25) is 0 Å². The Morgan fingerprint density at radius 3 is 1.78 bits per heavy atom. The minimum absolute atomic E-state index is 0.807. The van der Waals surface area contributed by atoms with E-state index in [-0.39, 0.29) is 0 Å². The number of hydrogen-bond acceptors (Lipinski definition) is 0. The summed E-state index contributed by atoms with van der Waals surface area (Å²) in [7, 11) is 0. The second-order valence-electron chi connectivity index (χ2n) is 4.19. The highest BCUT2D eigenvalue weighted by Gasteiger charge is 2.60. The first kappa shape index (κ1) is 5.76. The van der Waals surface area contributed by atoms with Gasteiger partial charge in [0.1, 0.15) is 0 Å². The Bertz CT molecular complexity index is 127. The van der Waals surface area contributed by atoms with E-state index < -0.39 is 0 Å². The van der Waals surface area contributed by atoms with E-state index in [4.69, 9.17) is 0 Å². The number of hydrogen-bond donors (Lipinski definition) is 0. The lowest BCUT2D eigenvalue weighted by atomic mass is 9.85. The van der Waals surface area contributed by atoms with Crippen LogP contribution in [0.5, 0.6) is 0 Å². The quantitative estimate of drug-likeness (QED) is 0.531. The van der Waals surface area contributed by atoms with Crippen molar-refractivity contribution in [2.24, 2.45) is 10.8 Å². The fourth-order valence-corrected chi connectivity index (χ4v) is 2.25. The van der Waals surface area contributed by atoms with Crippen LogP contribution in [0.1, 0.15) is 46.0 Å². The molecule has 0 nitrogen and oxygen atoms in total. The molecule has 0 aliphatic heterocycles. The minimum Gasteiger partial charge on any atom is -0.0648 e. The van der Waals surface area contributed by atoms with Gasteiger partial charge in [-0.25, -0.2) is 0 Å². The van der Waals surface area contributed by atoms with Crippen molar-refractivity contribution in [1.29, 1.82) is 0 Å². The highest BCUT2D eigenvalue weighted by molar-refractivity contribution is 5.11. The highest BCUT2D eigenvalue weighted by atomic mass is 14.7. The lowest BCUT2D eigenvalue weighted by Gasteiger charge is -2.19. The molecule has 0 bridgehead atoms. The van der Waals surface area contributed by atoms with Gasteiger partial charge in [0, 0.05) is 0 Å². The van der Waals surface area contributed by atoms with Gasteiger partial charge >= 0.3 is 0 Å². The third kappa shape index (κ3) is 0.595. The Morgan fingerprint density at radius 1 is 1.11 bits per heavy atom. The smallest absolute Gasteiger partial charge is 0.0246 e. The van der Waals surface area contributed by atoms with Gasteiger partial charge in [0.2, 0.25) is 0 Å². The van der Waals surface area contributed by atoms with Gasteiger partial charge in [0.25, 0.3) is 0 Å². The highest BCUT2D eigenvalue weighted by Crippen LogP contribution is 2.71. The molecule has 0 atom stereocenters. The van der Waals surface area contributed by atoms with E-state index in [0.29, 0.717) is 0 Å². The Labute approximate surface area is 57.6 Å². The maximum absolute atomic E-state index is 2.48. The van der Waals surface area contributed by atoms with Gasteiger partial charge in [-0.05, 0) is 42.9 Å². The average molecular weight is 124 g/mol. The van der Waals surface area contributed by atoms with Gasteiger partial charge in [-0.3, -0.25) is 0 Å². The van der Waals surface area contributed by atoms with Crippen LogP contribution in [0.25, 0.3) is 0 Å². The molecule has 0 radical (unpaired) electrons. The molecule has 0 amide bonds. The van der Waals surface area contributed by atoms with Crippen molar-refractivity contribution < 1.29 is 0 Å².